The van der Waals surface area contributed by atoms with Gasteiger partial charge in [0.25, 0.3) is 5.91 Å². The number of carboxylic acids is 1. The highest BCUT2D eigenvalue weighted by Gasteiger charge is 2.28. The van der Waals surface area contributed by atoms with Gasteiger partial charge >= 0.3 is 5.97 Å². The largest absolute Gasteiger partial charge is 0.481 e. The van der Waals surface area contributed by atoms with E-state index in [1.54, 1.807) is 23.1 Å². The number of carbonyl (C=O) groups excluding carboxylic acids is 1. The first-order valence-corrected chi connectivity index (χ1v) is 6.41. The first-order chi connectivity index (χ1) is 8.97. The number of nitrogen functional groups attached to an aromatic ring is 1. The molecule has 0 saturated carbocycles. The van der Waals surface area contributed by atoms with E-state index in [4.69, 9.17) is 22.4 Å². The summed E-state index contributed by atoms with van der Waals surface area (Å²) in [6.07, 6.45) is 0.826. The van der Waals surface area contributed by atoms with Gasteiger partial charge in [-0.05, 0) is 30.5 Å². The number of likely N-dealkylation sites (tertiary alicyclic amines) is 1. The zero-order valence-corrected chi connectivity index (χ0v) is 11.1. The van der Waals surface area contributed by atoms with E-state index < -0.39 is 5.97 Å². The Hall–Kier alpha value is -1.75. The number of nitrogens with two attached hydrogens (primary N) is 1. The van der Waals surface area contributed by atoms with Crippen molar-refractivity contribution in [2.75, 3.05) is 18.8 Å². The number of carbonyl (C=O) groups is 2. The van der Waals surface area contributed by atoms with Crippen molar-refractivity contribution in [2.24, 2.45) is 5.92 Å². The van der Waals surface area contributed by atoms with Crippen LogP contribution in [0.4, 0.5) is 5.69 Å². The van der Waals surface area contributed by atoms with Crippen LogP contribution in [0.1, 0.15) is 23.2 Å². The van der Waals surface area contributed by atoms with Gasteiger partial charge in [-0.15, -0.1) is 0 Å². The summed E-state index contributed by atoms with van der Waals surface area (Å²) >= 11 is 5.89. The summed E-state index contributed by atoms with van der Waals surface area (Å²) in [4.78, 5) is 24.5. The highest BCUT2D eigenvalue weighted by atomic mass is 35.5. The number of benzene rings is 1. The third-order valence-electron chi connectivity index (χ3n) is 3.28. The molecule has 102 valence electrons. The zero-order valence-electron chi connectivity index (χ0n) is 10.3. The van der Waals surface area contributed by atoms with Gasteiger partial charge in [-0.3, -0.25) is 9.59 Å². The number of nitrogens with zero attached hydrogens (tertiary/aromatic N) is 1. The maximum Gasteiger partial charge on any atom is 0.303 e. The van der Waals surface area contributed by atoms with Crippen molar-refractivity contribution in [3.05, 3.63) is 28.8 Å². The van der Waals surface area contributed by atoms with Crippen LogP contribution in [0.2, 0.25) is 5.02 Å². The maximum atomic E-state index is 12.2. The Kier molecular flexibility index (Phi) is 3.95. The minimum atomic E-state index is -0.824. The van der Waals surface area contributed by atoms with Crippen molar-refractivity contribution in [1.82, 2.24) is 4.90 Å². The molecular weight excluding hydrogens is 268 g/mol. The van der Waals surface area contributed by atoms with Gasteiger partial charge < -0.3 is 15.7 Å². The van der Waals surface area contributed by atoms with Crippen LogP contribution in [0.25, 0.3) is 0 Å². The topological polar surface area (TPSA) is 83.6 Å². The number of halogens is 1. The van der Waals surface area contributed by atoms with E-state index in [0.717, 1.165) is 6.42 Å². The Morgan fingerprint density at radius 1 is 1.47 bits per heavy atom. The standard InChI is InChI=1S/C13H15ClN2O3/c14-10-6-9(1-2-11(10)15)13(19)16-4-3-8(7-16)5-12(17)18/h1-2,6,8H,3-5,7,15H2,(H,17,18). The average molecular weight is 283 g/mol. The quantitative estimate of drug-likeness (QED) is 0.829. The van der Waals surface area contributed by atoms with Gasteiger partial charge in [0.1, 0.15) is 0 Å². The molecule has 1 atom stereocenters. The molecule has 0 bridgehead atoms. The van der Waals surface area contributed by atoms with E-state index in [9.17, 15) is 9.59 Å². The maximum absolute atomic E-state index is 12.2. The second-order valence-electron chi connectivity index (χ2n) is 4.74. The summed E-state index contributed by atoms with van der Waals surface area (Å²) in [5, 5.41) is 9.10. The Balaban J connectivity index is 2.04. The molecule has 1 saturated heterocycles. The summed E-state index contributed by atoms with van der Waals surface area (Å²) in [6, 6.07) is 4.78. The molecular formula is C13H15ClN2O3. The molecule has 1 unspecified atom stereocenters. The monoisotopic (exact) mass is 282 g/mol. The smallest absolute Gasteiger partial charge is 0.303 e. The normalized spacial score (nSPS) is 18.6. The van der Waals surface area contributed by atoms with Crippen LogP contribution in [-0.4, -0.2) is 35.0 Å². The van der Waals surface area contributed by atoms with Crippen molar-refractivity contribution in [3.63, 3.8) is 0 Å². The fourth-order valence-electron chi connectivity index (χ4n) is 2.27. The predicted octanol–water partition coefficient (Wildman–Crippen LogP) is 1.86. The molecule has 1 fully saturated rings. The number of amides is 1. The van der Waals surface area contributed by atoms with E-state index >= 15 is 0 Å². The molecule has 1 aliphatic heterocycles. The average Bonchev–Trinajstić information content (AvgIpc) is 2.79. The highest BCUT2D eigenvalue weighted by molar-refractivity contribution is 6.33. The Labute approximate surface area is 116 Å². The number of rotatable bonds is 3. The van der Waals surface area contributed by atoms with E-state index in [1.165, 1.54) is 0 Å². The van der Waals surface area contributed by atoms with Crippen molar-refractivity contribution in [2.45, 2.75) is 12.8 Å². The first-order valence-electron chi connectivity index (χ1n) is 6.03. The van der Waals surface area contributed by atoms with Crippen LogP contribution >= 0.6 is 11.6 Å². The Morgan fingerprint density at radius 2 is 2.21 bits per heavy atom. The molecule has 5 nitrogen and oxygen atoms in total. The molecule has 6 heteroatoms. The molecule has 3 N–H and O–H groups in total. The van der Waals surface area contributed by atoms with Crippen LogP contribution in [-0.2, 0) is 4.79 Å². The molecule has 1 aromatic rings. The number of hydrogen-bond donors (Lipinski definition) is 2. The van der Waals surface area contributed by atoms with Gasteiger partial charge in [0.05, 0.1) is 10.7 Å². The van der Waals surface area contributed by atoms with E-state index in [0.29, 0.717) is 29.4 Å². The Bertz CT molecular complexity index is 519. The zero-order chi connectivity index (χ0) is 14.0. The molecule has 1 amide bonds. The molecule has 0 aromatic heterocycles. The van der Waals surface area contributed by atoms with E-state index in [-0.39, 0.29) is 18.2 Å². The predicted molar refractivity (Wildman–Crippen MR) is 72.1 cm³/mol. The number of anilines is 1. The lowest BCUT2D eigenvalue weighted by Crippen LogP contribution is -2.29. The van der Waals surface area contributed by atoms with Gasteiger partial charge in [0.15, 0.2) is 0 Å². The fourth-order valence-corrected chi connectivity index (χ4v) is 2.45. The lowest BCUT2D eigenvalue weighted by atomic mass is 10.1. The minimum absolute atomic E-state index is 0.0331. The molecule has 1 heterocycles. The van der Waals surface area contributed by atoms with Crippen LogP contribution in [0, 0.1) is 5.92 Å². The van der Waals surface area contributed by atoms with E-state index in [2.05, 4.69) is 0 Å². The lowest BCUT2D eigenvalue weighted by Gasteiger charge is -2.16. The van der Waals surface area contributed by atoms with Crippen LogP contribution in [0.3, 0.4) is 0 Å². The molecule has 0 radical (unpaired) electrons. The summed E-state index contributed by atoms with van der Waals surface area (Å²) in [6.45, 7) is 1.06. The first kappa shape index (κ1) is 13.7. The number of aliphatic carboxylic acids is 1. The lowest BCUT2D eigenvalue weighted by molar-refractivity contribution is -0.138. The van der Waals surface area contributed by atoms with Gasteiger partial charge in [-0.25, -0.2) is 0 Å². The molecule has 19 heavy (non-hydrogen) atoms. The van der Waals surface area contributed by atoms with Gasteiger partial charge in [-0.2, -0.15) is 0 Å². The van der Waals surface area contributed by atoms with Crippen molar-refractivity contribution >= 4 is 29.2 Å². The Morgan fingerprint density at radius 3 is 2.84 bits per heavy atom. The van der Waals surface area contributed by atoms with Crippen molar-refractivity contribution in [1.29, 1.82) is 0 Å². The summed E-state index contributed by atoms with van der Waals surface area (Å²) in [7, 11) is 0. The fraction of sp³-hybridized carbons (Fsp3) is 0.385. The SMILES string of the molecule is Nc1ccc(C(=O)N2CCC(CC(=O)O)C2)cc1Cl. The summed E-state index contributed by atoms with van der Waals surface area (Å²) in [5.41, 5.74) is 6.51. The second-order valence-corrected chi connectivity index (χ2v) is 5.15. The molecule has 1 aliphatic rings. The second kappa shape index (κ2) is 5.48. The van der Waals surface area contributed by atoms with Crippen LogP contribution in [0.5, 0.6) is 0 Å². The van der Waals surface area contributed by atoms with Crippen LogP contribution < -0.4 is 5.73 Å². The highest BCUT2D eigenvalue weighted by Crippen LogP contribution is 2.24. The molecule has 2 rings (SSSR count). The number of carboxylic acid groups (broad SMARTS) is 1. The molecule has 1 aromatic carbocycles. The van der Waals surface area contributed by atoms with E-state index in [1.807, 2.05) is 0 Å². The molecule has 0 spiro atoms. The minimum Gasteiger partial charge on any atom is -0.481 e. The van der Waals surface area contributed by atoms with Gasteiger partial charge in [0, 0.05) is 25.1 Å². The third kappa shape index (κ3) is 3.17. The molecule has 0 aliphatic carbocycles. The van der Waals surface area contributed by atoms with Gasteiger partial charge in [0.2, 0.25) is 0 Å². The number of hydrogen-bond acceptors (Lipinski definition) is 3. The summed E-state index contributed by atoms with van der Waals surface area (Å²) < 4.78 is 0. The van der Waals surface area contributed by atoms with Crippen molar-refractivity contribution < 1.29 is 14.7 Å². The van der Waals surface area contributed by atoms with Crippen molar-refractivity contribution in [3.8, 4) is 0 Å². The summed E-state index contributed by atoms with van der Waals surface area (Å²) in [5.74, 6) is -0.921. The third-order valence-corrected chi connectivity index (χ3v) is 3.61. The van der Waals surface area contributed by atoms with Gasteiger partial charge in [-0.1, -0.05) is 11.6 Å². The van der Waals surface area contributed by atoms with Crippen LogP contribution in [0.15, 0.2) is 18.2 Å².